The van der Waals surface area contributed by atoms with Gasteiger partial charge in [-0.2, -0.15) is 0 Å². The third kappa shape index (κ3) is 3.45. The average molecular weight is 327 g/mol. The van der Waals surface area contributed by atoms with Gasteiger partial charge in [0.1, 0.15) is 0 Å². The Hall–Kier alpha value is -2.30. The third-order valence-corrected chi connectivity index (χ3v) is 4.89. The second-order valence-electron chi connectivity index (χ2n) is 6.60. The molecule has 3 N–H and O–H groups in total. The standard InChI is InChI=1S/C19H25N3O2/c1-3-13-10-16(12(2)21-18(13)23)17-9-8-14(11-20-17)19(24)22-15-6-4-5-7-15/h8-10,15,20H,3-7,11H2,1-2H3,(H,21,23)(H,22,24). The molecule has 1 aromatic heterocycles. The number of carbonyl (C=O) groups is 1. The number of nitrogens with one attached hydrogen (secondary N) is 3. The van der Waals surface area contributed by atoms with E-state index >= 15 is 0 Å². The van der Waals surface area contributed by atoms with E-state index in [2.05, 4.69) is 15.6 Å². The Labute approximate surface area is 142 Å². The monoisotopic (exact) mass is 327 g/mol. The van der Waals surface area contributed by atoms with E-state index < -0.39 is 0 Å². The molecule has 1 aromatic rings. The highest BCUT2D eigenvalue weighted by molar-refractivity contribution is 5.95. The highest BCUT2D eigenvalue weighted by Gasteiger charge is 2.20. The number of H-pyrrole nitrogens is 1. The van der Waals surface area contributed by atoms with Crippen molar-refractivity contribution in [2.24, 2.45) is 0 Å². The van der Waals surface area contributed by atoms with Crippen LogP contribution in [0.2, 0.25) is 0 Å². The van der Waals surface area contributed by atoms with E-state index in [1.165, 1.54) is 12.8 Å². The van der Waals surface area contributed by atoms with Crippen LogP contribution in [0.15, 0.2) is 28.6 Å². The molecule has 5 heteroatoms. The summed E-state index contributed by atoms with van der Waals surface area (Å²) >= 11 is 0. The first kappa shape index (κ1) is 16.6. The van der Waals surface area contributed by atoms with Crippen molar-refractivity contribution in [1.29, 1.82) is 0 Å². The summed E-state index contributed by atoms with van der Waals surface area (Å²) in [5.41, 5.74) is 4.26. The normalized spacial score (nSPS) is 17.9. The largest absolute Gasteiger partial charge is 0.380 e. The second kappa shape index (κ2) is 7.07. The Morgan fingerprint density at radius 3 is 2.67 bits per heavy atom. The SMILES string of the molecule is CCc1cc(C2=CC=C(C(=O)NC3CCCC3)CN2)c(C)[nH]c1=O. The molecule has 3 rings (SSSR count). The van der Waals surface area contributed by atoms with Gasteiger partial charge in [-0.25, -0.2) is 0 Å². The Bertz CT molecular complexity index is 752. The number of carbonyl (C=O) groups excluding carboxylic acids is 1. The van der Waals surface area contributed by atoms with Crippen LogP contribution >= 0.6 is 0 Å². The van der Waals surface area contributed by atoms with Crippen molar-refractivity contribution in [2.75, 3.05) is 6.54 Å². The summed E-state index contributed by atoms with van der Waals surface area (Å²) in [5, 5.41) is 6.43. The number of pyridine rings is 1. The van der Waals surface area contributed by atoms with E-state index in [1.54, 1.807) is 0 Å². The van der Waals surface area contributed by atoms with E-state index in [1.807, 2.05) is 32.1 Å². The molecule has 0 unspecified atom stereocenters. The van der Waals surface area contributed by atoms with Gasteiger partial charge in [0.2, 0.25) is 5.91 Å². The van der Waals surface area contributed by atoms with Gasteiger partial charge in [-0.3, -0.25) is 9.59 Å². The fourth-order valence-electron chi connectivity index (χ4n) is 3.39. The Morgan fingerprint density at radius 2 is 2.04 bits per heavy atom. The van der Waals surface area contributed by atoms with Crippen molar-refractivity contribution in [3.63, 3.8) is 0 Å². The average Bonchev–Trinajstić information content (AvgIpc) is 3.08. The van der Waals surface area contributed by atoms with Crippen LogP contribution in [0.3, 0.4) is 0 Å². The van der Waals surface area contributed by atoms with E-state index in [0.717, 1.165) is 40.9 Å². The minimum Gasteiger partial charge on any atom is -0.380 e. The molecule has 1 aliphatic carbocycles. The Morgan fingerprint density at radius 1 is 1.29 bits per heavy atom. The van der Waals surface area contributed by atoms with Gasteiger partial charge >= 0.3 is 0 Å². The molecular formula is C19H25N3O2. The first-order valence-corrected chi connectivity index (χ1v) is 8.77. The Kier molecular flexibility index (Phi) is 4.88. The number of hydrogen-bond acceptors (Lipinski definition) is 3. The minimum absolute atomic E-state index is 0.0251. The van der Waals surface area contributed by atoms with Crippen LogP contribution in [-0.2, 0) is 11.2 Å². The maximum atomic E-state index is 12.3. The maximum absolute atomic E-state index is 12.3. The lowest BCUT2D eigenvalue weighted by Gasteiger charge is -2.20. The molecule has 0 aromatic carbocycles. The van der Waals surface area contributed by atoms with Gasteiger partial charge in [-0.05, 0) is 44.4 Å². The summed E-state index contributed by atoms with van der Waals surface area (Å²) < 4.78 is 0. The summed E-state index contributed by atoms with van der Waals surface area (Å²) in [7, 11) is 0. The molecule has 1 saturated carbocycles. The number of rotatable bonds is 4. The van der Waals surface area contributed by atoms with E-state index in [4.69, 9.17) is 0 Å². The van der Waals surface area contributed by atoms with Gasteiger partial charge in [0, 0.05) is 40.7 Å². The molecule has 24 heavy (non-hydrogen) atoms. The fourth-order valence-corrected chi connectivity index (χ4v) is 3.39. The smallest absolute Gasteiger partial charge is 0.251 e. The summed E-state index contributed by atoms with van der Waals surface area (Å²) in [4.78, 5) is 27.1. The van der Waals surface area contributed by atoms with Gasteiger partial charge in [-0.15, -0.1) is 0 Å². The predicted octanol–water partition coefficient (Wildman–Crippen LogP) is 2.18. The molecule has 1 fully saturated rings. The molecule has 0 atom stereocenters. The highest BCUT2D eigenvalue weighted by atomic mass is 16.1. The molecular weight excluding hydrogens is 302 g/mol. The first-order valence-electron chi connectivity index (χ1n) is 8.77. The zero-order valence-electron chi connectivity index (χ0n) is 14.4. The lowest BCUT2D eigenvalue weighted by atomic mass is 10.0. The van der Waals surface area contributed by atoms with Crippen molar-refractivity contribution >= 4 is 11.6 Å². The number of allylic oxidation sites excluding steroid dienone is 2. The van der Waals surface area contributed by atoms with E-state index in [-0.39, 0.29) is 11.5 Å². The van der Waals surface area contributed by atoms with Gasteiger partial charge in [0.15, 0.2) is 0 Å². The van der Waals surface area contributed by atoms with Crippen LogP contribution < -0.4 is 16.2 Å². The van der Waals surface area contributed by atoms with Gasteiger partial charge in [0.05, 0.1) is 0 Å². The van der Waals surface area contributed by atoms with E-state index in [9.17, 15) is 9.59 Å². The van der Waals surface area contributed by atoms with Crippen LogP contribution in [0.5, 0.6) is 0 Å². The van der Waals surface area contributed by atoms with Gasteiger partial charge in [-0.1, -0.05) is 19.8 Å². The second-order valence-corrected chi connectivity index (χ2v) is 6.60. The number of aromatic amines is 1. The molecule has 5 nitrogen and oxygen atoms in total. The first-order chi connectivity index (χ1) is 11.6. The molecule has 2 aliphatic rings. The van der Waals surface area contributed by atoms with Crippen molar-refractivity contribution in [1.82, 2.24) is 15.6 Å². The van der Waals surface area contributed by atoms with Gasteiger partial charge in [0.25, 0.3) is 5.56 Å². The topological polar surface area (TPSA) is 74.0 Å². The molecule has 0 spiro atoms. The maximum Gasteiger partial charge on any atom is 0.251 e. The molecule has 1 aliphatic heterocycles. The van der Waals surface area contributed by atoms with Crippen molar-refractivity contribution < 1.29 is 4.79 Å². The van der Waals surface area contributed by atoms with Crippen molar-refractivity contribution in [3.8, 4) is 0 Å². The van der Waals surface area contributed by atoms with Crippen molar-refractivity contribution in [3.05, 3.63) is 51.0 Å². The zero-order valence-corrected chi connectivity index (χ0v) is 14.4. The fraction of sp³-hybridized carbons (Fsp3) is 0.474. The number of amides is 1. The molecule has 1 amide bonds. The quantitative estimate of drug-likeness (QED) is 0.793. The van der Waals surface area contributed by atoms with Crippen LogP contribution in [-0.4, -0.2) is 23.5 Å². The van der Waals surface area contributed by atoms with Gasteiger partial charge < -0.3 is 15.6 Å². The lowest BCUT2D eigenvalue weighted by molar-refractivity contribution is -0.118. The number of aryl methyl sites for hydroxylation is 2. The molecule has 0 bridgehead atoms. The molecule has 2 heterocycles. The summed E-state index contributed by atoms with van der Waals surface area (Å²) in [6.07, 6.45) is 9.09. The molecule has 0 radical (unpaired) electrons. The summed E-state index contributed by atoms with van der Waals surface area (Å²) in [6, 6.07) is 2.27. The van der Waals surface area contributed by atoms with Crippen LogP contribution in [0.4, 0.5) is 0 Å². The molecule has 0 saturated heterocycles. The minimum atomic E-state index is -0.0256. The lowest BCUT2D eigenvalue weighted by Crippen LogP contribution is -2.37. The zero-order chi connectivity index (χ0) is 17.1. The number of hydrogen-bond donors (Lipinski definition) is 3. The number of aromatic nitrogens is 1. The van der Waals surface area contributed by atoms with Crippen LogP contribution in [0, 0.1) is 6.92 Å². The number of dihydropyridines is 1. The summed E-state index contributed by atoms with van der Waals surface area (Å²) in [5.74, 6) is 0.0251. The van der Waals surface area contributed by atoms with E-state index in [0.29, 0.717) is 19.0 Å². The highest BCUT2D eigenvalue weighted by Crippen LogP contribution is 2.20. The predicted molar refractivity (Wildman–Crippen MR) is 95.6 cm³/mol. The Balaban J connectivity index is 1.77. The third-order valence-electron chi connectivity index (χ3n) is 4.89. The molecule has 128 valence electrons. The van der Waals surface area contributed by atoms with Crippen molar-refractivity contribution in [2.45, 2.75) is 52.0 Å². The van der Waals surface area contributed by atoms with Crippen LogP contribution in [0.1, 0.15) is 49.4 Å². The summed E-state index contributed by atoms with van der Waals surface area (Å²) in [6.45, 7) is 4.37. The van der Waals surface area contributed by atoms with Crippen LogP contribution in [0.25, 0.3) is 5.70 Å².